The molecule has 1 amide bonds. The number of carbonyl (C=O) groups excluding carboxylic acids is 1. The summed E-state index contributed by atoms with van der Waals surface area (Å²) in [6.45, 7) is 0.218. The van der Waals surface area contributed by atoms with Crippen LogP contribution in [0.2, 0.25) is 0 Å². The molecule has 18 heavy (non-hydrogen) atoms. The molecule has 1 aliphatic rings. The van der Waals surface area contributed by atoms with Crippen LogP contribution in [0, 0.1) is 5.82 Å². The molecule has 2 rings (SSSR count). The van der Waals surface area contributed by atoms with Crippen molar-refractivity contribution < 1.29 is 19.1 Å². The van der Waals surface area contributed by atoms with Gasteiger partial charge in [-0.05, 0) is 30.5 Å². The first kappa shape index (κ1) is 12.5. The molecule has 1 fully saturated rings. The molecule has 1 aliphatic heterocycles. The van der Waals surface area contributed by atoms with Gasteiger partial charge in [-0.15, -0.1) is 0 Å². The number of hydrogen-bond acceptors (Lipinski definition) is 2. The molecule has 1 unspecified atom stereocenters. The molecule has 0 saturated carbocycles. The van der Waals surface area contributed by atoms with Gasteiger partial charge in [-0.3, -0.25) is 4.79 Å². The van der Waals surface area contributed by atoms with Gasteiger partial charge in [-0.25, -0.2) is 9.18 Å². The molecule has 5 heteroatoms. The van der Waals surface area contributed by atoms with E-state index in [4.69, 9.17) is 5.11 Å². The predicted octanol–water partition coefficient (Wildman–Crippen LogP) is 1.79. The lowest BCUT2D eigenvalue weighted by Gasteiger charge is -2.32. The maximum atomic E-state index is 12.8. The van der Waals surface area contributed by atoms with E-state index in [0.717, 1.165) is 5.56 Å². The molecular formula is C13H14FNO3. The van der Waals surface area contributed by atoms with Crippen LogP contribution < -0.4 is 0 Å². The number of piperidine rings is 1. The van der Waals surface area contributed by atoms with Crippen molar-refractivity contribution in [2.45, 2.75) is 31.8 Å². The Morgan fingerprint density at radius 3 is 2.67 bits per heavy atom. The zero-order valence-electron chi connectivity index (χ0n) is 9.80. The van der Waals surface area contributed by atoms with Crippen LogP contribution in [0.25, 0.3) is 0 Å². The summed E-state index contributed by atoms with van der Waals surface area (Å²) in [6, 6.07) is 4.97. The van der Waals surface area contributed by atoms with Crippen LogP contribution in [0.4, 0.5) is 4.39 Å². The van der Waals surface area contributed by atoms with Gasteiger partial charge in [0.2, 0.25) is 5.91 Å². The summed E-state index contributed by atoms with van der Waals surface area (Å²) in [4.78, 5) is 24.2. The molecule has 1 saturated heterocycles. The van der Waals surface area contributed by atoms with Crippen molar-refractivity contribution >= 4 is 11.9 Å². The molecule has 0 radical (unpaired) electrons. The number of rotatable bonds is 3. The summed E-state index contributed by atoms with van der Waals surface area (Å²) < 4.78 is 12.8. The summed E-state index contributed by atoms with van der Waals surface area (Å²) >= 11 is 0. The molecule has 1 aromatic carbocycles. The topological polar surface area (TPSA) is 57.6 Å². The minimum absolute atomic E-state index is 0.155. The van der Waals surface area contributed by atoms with Crippen molar-refractivity contribution in [2.24, 2.45) is 0 Å². The summed E-state index contributed by atoms with van der Waals surface area (Å²) in [7, 11) is 0. The average molecular weight is 251 g/mol. The molecule has 1 atom stereocenters. The highest BCUT2D eigenvalue weighted by Crippen LogP contribution is 2.21. The maximum absolute atomic E-state index is 12.8. The van der Waals surface area contributed by atoms with E-state index < -0.39 is 12.0 Å². The van der Waals surface area contributed by atoms with Crippen molar-refractivity contribution in [3.63, 3.8) is 0 Å². The van der Waals surface area contributed by atoms with Gasteiger partial charge in [0.1, 0.15) is 11.9 Å². The van der Waals surface area contributed by atoms with Crippen molar-refractivity contribution in [1.29, 1.82) is 0 Å². The van der Waals surface area contributed by atoms with E-state index in [0.29, 0.717) is 19.3 Å². The molecule has 0 aromatic heterocycles. The number of carboxylic acids is 1. The standard InChI is InChI=1S/C13H14FNO3/c14-10-6-4-9(5-7-10)8-15-11(13(17)18)2-1-3-12(15)16/h4-7,11H,1-3,8H2,(H,17,18). The molecule has 0 spiro atoms. The highest BCUT2D eigenvalue weighted by Gasteiger charge is 2.32. The molecule has 0 bridgehead atoms. The largest absolute Gasteiger partial charge is 0.480 e. The van der Waals surface area contributed by atoms with Crippen LogP contribution >= 0.6 is 0 Å². The van der Waals surface area contributed by atoms with Crippen molar-refractivity contribution in [2.75, 3.05) is 0 Å². The fraction of sp³-hybridized carbons (Fsp3) is 0.385. The highest BCUT2D eigenvalue weighted by molar-refractivity contribution is 5.84. The third-order valence-electron chi connectivity index (χ3n) is 3.12. The second kappa shape index (κ2) is 5.16. The summed E-state index contributed by atoms with van der Waals surface area (Å²) in [5.74, 6) is -1.48. The van der Waals surface area contributed by atoms with Gasteiger partial charge in [-0.1, -0.05) is 12.1 Å². The van der Waals surface area contributed by atoms with Crippen molar-refractivity contribution in [3.05, 3.63) is 35.6 Å². The van der Waals surface area contributed by atoms with E-state index in [9.17, 15) is 14.0 Å². The Labute approximate surface area is 104 Å². The minimum Gasteiger partial charge on any atom is -0.480 e. The zero-order chi connectivity index (χ0) is 13.1. The lowest BCUT2D eigenvalue weighted by atomic mass is 10.0. The minimum atomic E-state index is -0.981. The lowest BCUT2D eigenvalue weighted by molar-refractivity contribution is -0.153. The molecule has 0 aliphatic carbocycles. The van der Waals surface area contributed by atoms with Gasteiger partial charge in [0.25, 0.3) is 0 Å². The number of hydrogen-bond donors (Lipinski definition) is 1. The zero-order valence-corrected chi connectivity index (χ0v) is 9.80. The first-order valence-corrected chi connectivity index (χ1v) is 5.84. The van der Waals surface area contributed by atoms with E-state index in [1.165, 1.54) is 17.0 Å². The molecule has 4 nitrogen and oxygen atoms in total. The SMILES string of the molecule is O=C(O)C1CCCC(=O)N1Cc1ccc(F)cc1. The number of amides is 1. The monoisotopic (exact) mass is 251 g/mol. The maximum Gasteiger partial charge on any atom is 0.326 e. The number of carbonyl (C=O) groups is 2. The van der Waals surface area contributed by atoms with Gasteiger partial charge in [0, 0.05) is 13.0 Å². The van der Waals surface area contributed by atoms with Crippen LogP contribution in [-0.4, -0.2) is 27.9 Å². The van der Waals surface area contributed by atoms with Gasteiger partial charge >= 0.3 is 5.97 Å². The van der Waals surface area contributed by atoms with E-state index >= 15 is 0 Å². The Morgan fingerprint density at radius 1 is 1.39 bits per heavy atom. The van der Waals surface area contributed by atoms with Crippen LogP contribution in [-0.2, 0) is 16.1 Å². The van der Waals surface area contributed by atoms with Gasteiger partial charge < -0.3 is 10.0 Å². The molecule has 1 N–H and O–H groups in total. The predicted molar refractivity (Wildman–Crippen MR) is 62.2 cm³/mol. The number of nitrogens with zero attached hydrogens (tertiary/aromatic N) is 1. The van der Waals surface area contributed by atoms with E-state index in [1.807, 2.05) is 0 Å². The van der Waals surface area contributed by atoms with Crippen LogP contribution in [0.3, 0.4) is 0 Å². The summed E-state index contributed by atoms with van der Waals surface area (Å²) in [5, 5.41) is 9.09. The number of likely N-dealkylation sites (tertiary alicyclic amines) is 1. The van der Waals surface area contributed by atoms with Crippen LogP contribution in [0.15, 0.2) is 24.3 Å². The molecule has 1 aromatic rings. The third kappa shape index (κ3) is 2.67. The Hall–Kier alpha value is -1.91. The first-order chi connectivity index (χ1) is 8.58. The van der Waals surface area contributed by atoms with Gasteiger partial charge in [-0.2, -0.15) is 0 Å². The number of benzene rings is 1. The second-order valence-electron chi connectivity index (χ2n) is 4.39. The van der Waals surface area contributed by atoms with E-state index in [2.05, 4.69) is 0 Å². The van der Waals surface area contributed by atoms with E-state index in [-0.39, 0.29) is 18.3 Å². The first-order valence-electron chi connectivity index (χ1n) is 5.84. The Bertz CT molecular complexity index is 458. The summed E-state index contributed by atoms with van der Waals surface area (Å²) in [6.07, 6.45) is 1.46. The van der Waals surface area contributed by atoms with Crippen molar-refractivity contribution in [1.82, 2.24) is 4.90 Å². The van der Waals surface area contributed by atoms with Crippen LogP contribution in [0.5, 0.6) is 0 Å². The highest BCUT2D eigenvalue weighted by atomic mass is 19.1. The van der Waals surface area contributed by atoms with Gasteiger partial charge in [0.15, 0.2) is 0 Å². The number of halogens is 1. The normalized spacial score (nSPS) is 19.9. The second-order valence-corrected chi connectivity index (χ2v) is 4.39. The Balaban J connectivity index is 2.15. The Morgan fingerprint density at radius 2 is 2.06 bits per heavy atom. The van der Waals surface area contributed by atoms with Crippen LogP contribution in [0.1, 0.15) is 24.8 Å². The number of carboxylic acid groups (broad SMARTS) is 1. The lowest BCUT2D eigenvalue weighted by Crippen LogP contribution is -2.47. The fourth-order valence-electron chi connectivity index (χ4n) is 2.16. The molecule has 1 heterocycles. The molecular weight excluding hydrogens is 237 g/mol. The Kier molecular flexibility index (Phi) is 3.60. The smallest absolute Gasteiger partial charge is 0.326 e. The fourth-order valence-corrected chi connectivity index (χ4v) is 2.16. The number of aliphatic carboxylic acids is 1. The molecule has 96 valence electrons. The van der Waals surface area contributed by atoms with E-state index in [1.54, 1.807) is 12.1 Å². The van der Waals surface area contributed by atoms with Crippen molar-refractivity contribution in [3.8, 4) is 0 Å². The quantitative estimate of drug-likeness (QED) is 0.891. The third-order valence-corrected chi connectivity index (χ3v) is 3.12. The van der Waals surface area contributed by atoms with Gasteiger partial charge in [0.05, 0.1) is 0 Å². The average Bonchev–Trinajstić information content (AvgIpc) is 2.34. The summed E-state index contributed by atoms with van der Waals surface area (Å²) in [5.41, 5.74) is 0.734.